The highest BCUT2D eigenvalue weighted by Crippen LogP contribution is 2.28. The third-order valence-electron chi connectivity index (χ3n) is 2.51. The number of guanidine groups is 1. The number of nitrogens with zero attached hydrogens (tertiary/aromatic N) is 1. The van der Waals surface area contributed by atoms with Crippen LogP contribution in [0, 0.1) is 0 Å². The van der Waals surface area contributed by atoms with Crippen LogP contribution in [-0.2, 0) is 4.79 Å². The van der Waals surface area contributed by atoms with Crippen molar-refractivity contribution in [1.29, 1.82) is 0 Å². The number of aliphatic imine (C=N–C) groups is 1. The van der Waals surface area contributed by atoms with E-state index in [1.165, 1.54) is 0 Å². The molecular weight excluding hydrogens is 272 g/mol. The lowest BCUT2D eigenvalue weighted by Gasteiger charge is -2.12. The molecule has 0 aromatic heterocycles. The Kier molecular flexibility index (Phi) is 6.59. The SMILES string of the molecule is C=CCNC(=O)CN=C(N)Nc1cc(OC)ccc1OC. The fraction of sp³-hybridized carbons (Fsp3) is 0.286. The van der Waals surface area contributed by atoms with Gasteiger partial charge in [-0.2, -0.15) is 0 Å². The molecule has 0 atom stereocenters. The quantitative estimate of drug-likeness (QED) is 0.391. The molecule has 0 spiro atoms. The van der Waals surface area contributed by atoms with E-state index in [1.807, 2.05) is 0 Å². The van der Waals surface area contributed by atoms with Gasteiger partial charge in [0.2, 0.25) is 5.91 Å². The Morgan fingerprint density at radius 3 is 2.81 bits per heavy atom. The van der Waals surface area contributed by atoms with Gasteiger partial charge in [-0.3, -0.25) is 4.79 Å². The van der Waals surface area contributed by atoms with Crippen molar-refractivity contribution in [3.05, 3.63) is 30.9 Å². The minimum absolute atomic E-state index is 0.0705. The molecular formula is C14H20N4O3. The first kappa shape index (κ1) is 16.4. The van der Waals surface area contributed by atoms with E-state index in [9.17, 15) is 4.79 Å². The Morgan fingerprint density at radius 2 is 2.19 bits per heavy atom. The van der Waals surface area contributed by atoms with E-state index < -0.39 is 0 Å². The van der Waals surface area contributed by atoms with Crippen LogP contribution in [0.5, 0.6) is 11.5 Å². The van der Waals surface area contributed by atoms with Gasteiger partial charge in [0.05, 0.1) is 19.9 Å². The number of ether oxygens (including phenoxy) is 2. The van der Waals surface area contributed by atoms with Gasteiger partial charge in [-0.1, -0.05) is 6.08 Å². The summed E-state index contributed by atoms with van der Waals surface area (Å²) in [5, 5.41) is 5.47. The summed E-state index contributed by atoms with van der Waals surface area (Å²) in [4.78, 5) is 15.3. The molecule has 21 heavy (non-hydrogen) atoms. The molecule has 114 valence electrons. The lowest BCUT2D eigenvalue weighted by atomic mass is 10.2. The molecule has 1 aromatic carbocycles. The molecule has 0 aliphatic carbocycles. The molecule has 0 aliphatic heterocycles. The molecule has 0 saturated heterocycles. The van der Waals surface area contributed by atoms with Crippen LogP contribution >= 0.6 is 0 Å². The Hall–Kier alpha value is -2.70. The van der Waals surface area contributed by atoms with Gasteiger partial charge in [-0.15, -0.1) is 6.58 Å². The molecule has 1 rings (SSSR count). The summed E-state index contributed by atoms with van der Waals surface area (Å²) < 4.78 is 10.3. The fourth-order valence-electron chi connectivity index (χ4n) is 1.49. The zero-order chi connectivity index (χ0) is 15.7. The first-order valence-corrected chi connectivity index (χ1v) is 6.27. The number of amides is 1. The van der Waals surface area contributed by atoms with E-state index in [-0.39, 0.29) is 18.4 Å². The highest BCUT2D eigenvalue weighted by atomic mass is 16.5. The van der Waals surface area contributed by atoms with Gasteiger partial charge >= 0.3 is 0 Å². The summed E-state index contributed by atoms with van der Waals surface area (Å²) in [6.45, 7) is 3.83. The number of nitrogens with two attached hydrogens (primary N) is 1. The topological polar surface area (TPSA) is 98.0 Å². The summed E-state index contributed by atoms with van der Waals surface area (Å²) in [5.41, 5.74) is 6.34. The van der Waals surface area contributed by atoms with Gasteiger partial charge < -0.3 is 25.8 Å². The number of nitrogens with one attached hydrogen (secondary N) is 2. The third-order valence-corrected chi connectivity index (χ3v) is 2.51. The number of carbonyl (C=O) groups excluding carboxylic acids is 1. The monoisotopic (exact) mass is 292 g/mol. The third kappa shape index (κ3) is 5.43. The van der Waals surface area contributed by atoms with E-state index in [0.717, 1.165) is 0 Å². The fourth-order valence-corrected chi connectivity index (χ4v) is 1.49. The highest BCUT2D eigenvalue weighted by Gasteiger charge is 2.06. The van der Waals surface area contributed by atoms with Crippen LogP contribution in [-0.4, -0.2) is 39.2 Å². The minimum atomic E-state index is -0.239. The predicted octanol–water partition coefficient (Wildman–Crippen LogP) is 0.733. The van der Waals surface area contributed by atoms with Crippen LogP contribution in [0.15, 0.2) is 35.8 Å². The second kappa shape index (κ2) is 8.47. The molecule has 1 amide bonds. The van der Waals surface area contributed by atoms with Gasteiger partial charge in [0.1, 0.15) is 18.0 Å². The van der Waals surface area contributed by atoms with Crippen LogP contribution in [0.2, 0.25) is 0 Å². The summed E-state index contributed by atoms with van der Waals surface area (Å²) in [6, 6.07) is 5.23. The van der Waals surface area contributed by atoms with Crippen LogP contribution in [0.4, 0.5) is 5.69 Å². The number of benzene rings is 1. The molecule has 0 saturated carbocycles. The minimum Gasteiger partial charge on any atom is -0.497 e. The van der Waals surface area contributed by atoms with Gasteiger partial charge in [-0.25, -0.2) is 4.99 Å². The molecule has 1 aromatic rings. The molecule has 0 radical (unpaired) electrons. The maximum Gasteiger partial charge on any atom is 0.242 e. The number of hydrogen-bond donors (Lipinski definition) is 3. The Morgan fingerprint density at radius 1 is 1.43 bits per heavy atom. The second-order valence-corrected chi connectivity index (χ2v) is 3.99. The van der Waals surface area contributed by atoms with Gasteiger partial charge in [0.15, 0.2) is 5.96 Å². The molecule has 0 heterocycles. The summed E-state index contributed by atoms with van der Waals surface area (Å²) in [7, 11) is 3.11. The van der Waals surface area contributed by atoms with Gasteiger partial charge in [0.25, 0.3) is 0 Å². The lowest BCUT2D eigenvalue weighted by molar-refractivity contribution is -0.119. The Labute approximate surface area is 123 Å². The zero-order valence-electron chi connectivity index (χ0n) is 12.2. The van der Waals surface area contributed by atoms with Crippen molar-refractivity contribution in [1.82, 2.24) is 5.32 Å². The summed E-state index contributed by atoms with van der Waals surface area (Å²) in [6.07, 6.45) is 1.59. The van der Waals surface area contributed by atoms with Crippen molar-refractivity contribution in [2.75, 3.05) is 32.6 Å². The van der Waals surface area contributed by atoms with Crippen LogP contribution in [0.25, 0.3) is 0 Å². The van der Waals surface area contributed by atoms with Gasteiger partial charge in [-0.05, 0) is 12.1 Å². The van der Waals surface area contributed by atoms with Crippen molar-refractivity contribution in [2.45, 2.75) is 0 Å². The zero-order valence-corrected chi connectivity index (χ0v) is 12.2. The van der Waals surface area contributed by atoms with E-state index >= 15 is 0 Å². The smallest absolute Gasteiger partial charge is 0.242 e. The van der Waals surface area contributed by atoms with Crippen molar-refractivity contribution >= 4 is 17.6 Å². The standard InChI is InChI=1S/C14H20N4O3/c1-4-7-16-13(19)9-17-14(15)18-11-8-10(20-2)5-6-12(11)21-3/h4-6,8H,1,7,9H2,2-3H3,(H,16,19)(H3,15,17,18). The van der Waals surface area contributed by atoms with Gasteiger partial charge in [0, 0.05) is 12.6 Å². The summed E-state index contributed by atoms with van der Waals surface area (Å²) >= 11 is 0. The van der Waals surface area contributed by atoms with Crippen LogP contribution in [0.1, 0.15) is 0 Å². The molecule has 0 bridgehead atoms. The first-order valence-electron chi connectivity index (χ1n) is 6.27. The van der Waals surface area contributed by atoms with E-state index in [0.29, 0.717) is 23.7 Å². The van der Waals surface area contributed by atoms with Crippen molar-refractivity contribution in [2.24, 2.45) is 10.7 Å². The maximum absolute atomic E-state index is 11.4. The number of carbonyl (C=O) groups is 1. The normalized spacial score (nSPS) is 10.7. The second-order valence-electron chi connectivity index (χ2n) is 3.99. The van der Waals surface area contributed by atoms with Crippen molar-refractivity contribution in [3.63, 3.8) is 0 Å². The Bertz CT molecular complexity index is 529. The predicted molar refractivity (Wildman–Crippen MR) is 82.9 cm³/mol. The Balaban J connectivity index is 2.70. The molecule has 4 N–H and O–H groups in total. The molecule has 7 heteroatoms. The molecule has 0 fully saturated rings. The summed E-state index contributed by atoms with van der Waals surface area (Å²) in [5.74, 6) is 1.10. The lowest BCUT2D eigenvalue weighted by Crippen LogP contribution is -2.29. The number of hydrogen-bond acceptors (Lipinski definition) is 4. The maximum atomic E-state index is 11.4. The molecule has 0 aliphatic rings. The first-order chi connectivity index (χ1) is 10.1. The molecule has 7 nitrogen and oxygen atoms in total. The van der Waals surface area contributed by atoms with Crippen LogP contribution in [0.3, 0.4) is 0 Å². The average molecular weight is 292 g/mol. The average Bonchev–Trinajstić information content (AvgIpc) is 2.50. The number of methoxy groups -OCH3 is 2. The van der Waals surface area contributed by atoms with E-state index in [4.69, 9.17) is 15.2 Å². The number of anilines is 1. The number of rotatable bonds is 7. The molecule has 0 unspecified atom stereocenters. The highest BCUT2D eigenvalue weighted by molar-refractivity contribution is 5.95. The largest absolute Gasteiger partial charge is 0.497 e. The van der Waals surface area contributed by atoms with E-state index in [1.54, 1.807) is 38.5 Å². The van der Waals surface area contributed by atoms with E-state index in [2.05, 4.69) is 22.2 Å². The van der Waals surface area contributed by atoms with Crippen LogP contribution < -0.4 is 25.8 Å². The van der Waals surface area contributed by atoms with Crippen molar-refractivity contribution in [3.8, 4) is 11.5 Å². The van der Waals surface area contributed by atoms with Crippen molar-refractivity contribution < 1.29 is 14.3 Å².